The number of Topliss-reactive ketones (excluding diaryl/α,β-unsaturated/α-hetero) is 1. The summed E-state index contributed by atoms with van der Waals surface area (Å²) >= 11 is 0. The number of methoxy groups -OCH3 is 2. The van der Waals surface area contributed by atoms with Crippen molar-refractivity contribution in [1.82, 2.24) is 9.47 Å². The Balaban J connectivity index is 1.60. The molecule has 1 aliphatic heterocycles. The Morgan fingerprint density at radius 3 is 2.81 bits per heavy atom. The quantitative estimate of drug-likeness (QED) is 0.502. The summed E-state index contributed by atoms with van der Waals surface area (Å²) in [6.45, 7) is 1.81. The number of likely N-dealkylation sites (tertiary alicyclic amines) is 1. The lowest BCUT2D eigenvalue weighted by Crippen LogP contribution is -2.29. The van der Waals surface area contributed by atoms with E-state index in [4.69, 9.17) is 14.7 Å². The largest absolute Gasteiger partial charge is 0.497 e. The number of ether oxygens (including phenoxy) is 2. The number of nitrogens with zero attached hydrogens (tertiary/aromatic N) is 3. The molecular weight excluding hydrogens is 390 g/mol. The minimum atomic E-state index is 0.103. The Morgan fingerprint density at radius 2 is 2.03 bits per heavy atom. The molecule has 0 radical (unpaired) electrons. The van der Waals surface area contributed by atoms with Crippen LogP contribution in [-0.4, -0.2) is 42.6 Å². The van der Waals surface area contributed by atoms with E-state index in [0.29, 0.717) is 19.5 Å². The van der Waals surface area contributed by atoms with Crippen molar-refractivity contribution < 1.29 is 14.3 Å². The maximum absolute atomic E-state index is 13.4. The first-order valence-corrected chi connectivity index (χ1v) is 10.6. The second kappa shape index (κ2) is 9.23. The SMILES string of the molecule is COc1ccc(C2CCCN2CC(=O)c2cn(CCC#N)c3ccccc23)c(OC)c1. The summed E-state index contributed by atoms with van der Waals surface area (Å²) in [5.41, 5.74) is 2.81. The van der Waals surface area contributed by atoms with Crippen LogP contribution >= 0.6 is 0 Å². The molecule has 1 saturated heterocycles. The zero-order chi connectivity index (χ0) is 21.8. The highest BCUT2D eigenvalue weighted by atomic mass is 16.5. The van der Waals surface area contributed by atoms with Crippen LogP contribution in [0.1, 0.15) is 41.2 Å². The number of fused-ring (bicyclic) bond motifs is 1. The van der Waals surface area contributed by atoms with E-state index >= 15 is 0 Å². The van der Waals surface area contributed by atoms with Crippen LogP contribution in [-0.2, 0) is 6.54 Å². The number of benzene rings is 2. The van der Waals surface area contributed by atoms with Gasteiger partial charge in [0.1, 0.15) is 11.5 Å². The van der Waals surface area contributed by atoms with Crippen molar-refractivity contribution in [1.29, 1.82) is 5.26 Å². The number of rotatable bonds is 8. The normalized spacial score (nSPS) is 16.4. The van der Waals surface area contributed by atoms with Crippen LogP contribution in [0.4, 0.5) is 0 Å². The lowest BCUT2D eigenvalue weighted by molar-refractivity contribution is 0.0922. The van der Waals surface area contributed by atoms with Crippen LogP contribution in [0.3, 0.4) is 0 Å². The zero-order valence-electron chi connectivity index (χ0n) is 18.0. The van der Waals surface area contributed by atoms with Gasteiger partial charge in [-0.1, -0.05) is 24.3 Å². The van der Waals surface area contributed by atoms with E-state index in [1.54, 1.807) is 14.2 Å². The Bertz CT molecular complexity index is 1130. The Morgan fingerprint density at radius 1 is 1.19 bits per heavy atom. The summed E-state index contributed by atoms with van der Waals surface area (Å²) in [6.07, 6.45) is 4.35. The summed E-state index contributed by atoms with van der Waals surface area (Å²) in [7, 11) is 3.31. The number of nitriles is 1. The van der Waals surface area contributed by atoms with Crippen molar-refractivity contribution in [3.05, 3.63) is 59.8 Å². The predicted molar refractivity (Wildman–Crippen MR) is 120 cm³/mol. The van der Waals surface area contributed by atoms with Crippen LogP contribution in [0.15, 0.2) is 48.7 Å². The third-order valence-electron chi connectivity index (χ3n) is 6.06. The summed E-state index contributed by atoms with van der Waals surface area (Å²) in [5.74, 6) is 1.65. The van der Waals surface area contributed by atoms with Crippen molar-refractivity contribution >= 4 is 16.7 Å². The zero-order valence-corrected chi connectivity index (χ0v) is 18.0. The summed E-state index contributed by atoms with van der Waals surface area (Å²) in [4.78, 5) is 15.6. The number of carbonyl (C=O) groups excluding carboxylic acids is 1. The molecule has 0 bridgehead atoms. The van der Waals surface area contributed by atoms with Gasteiger partial charge in [0.2, 0.25) is 0 Å². The van der Waals surface area contributed by atoms with E-state index in [9.17, 15) is 4.79 Å². The molecule has 0 aliphatic carbocycles. The molecule has 2 aromatic carbocycles. The lowest BCUT2D eigenvalue weighted by Gasteiger charge is -2.25. The molecule has 1 fully saturated rings. The number of para-hydroxylation sites is 1. The van der Waals surface area contributed by atoms with Crippen LogP contribution in [0.2, 0.25) is 0 Å². The van der Waals surface area contributed by atoms with E-state index in [2.05, 4.69) is 11.0 Å². The highest BCUT2D eigenvalue weighted by molar-refractivity contribution is 6.09. The van der Waals surface area contributed by atoms with Gasteiger partial charge in [0.25, 0.3) is 0 Å². The second-order valence-corrected chi connectivity index (χ2v) is 7.82. The Kier molecular flexibility index (Phi) is 6.24. The molecule has 6 nitrogen and oxygen atoms in total. The minimum absolute atomic E-state index is 0.103. The number of hydrogen-bond donors (Lipinski definition) is 0. The van der Waals surface area contributed by atoms with E-state index in [0.717, 1.165) is 52.9 Å². The predicted octanol–water partition coefficient (Wildman–Crippen LogP) is 4.59. The number of ketones is 1. The molecule has 1 unspecified atom stereocenters. The Labute approximate surface area is 182 Å². The molecule has 0 amide bonds. The standard InChI is InChI=1S/C25H27N3O3/c1-30-18-10-11-20(25(15-18)31-2)23-9-5-13-28(23)17-24(29)21-16-27(14-6-12-26)22-8-4-3-7-19(21)22/h3-4,7-8,10-11,15-16,23H,5-6,9,13-14,17H2,1-2H3. The molecule has 31 heavy (non-hydrogen) atoms. The van der Waals surface area contributed by atoms with Gasteiger partial charge in [0.15, 0.2) is 5.78 Å². The molecular formula is C25H27N3O3. The van der Waals surface area contributed by atoms with Crippen molar-refractivity contribution in [3.63, 3.8) is 0 Å². The van der Waals surface area contributed by atoms with Crippen molar-refractivity contribution in [3.8, 4) is 17.6 Å². The van der Waals surface area contributed by atoms with E-state index in [1.165, 1.54) is 0 Å². The van der Waals surface area contributed by atoms with Gasteiger partial charge < -0.3 is 14.0 Å². The first-order chi connectivity index (χ1) is 15.2. The molecule has 0 N–H and O–H groups in total. The van der Waals surface area contributed by atoms with E-state index in [1.807, 2.05) is 53.2 Å². The lowest BCUT2D eigenvalue weighted by atomic mass is 10.0. The van der Waals surface area contributed by atoms with Crippen LogP contribution in [0, 0.1) is 11.3 Å². The molecule has 3 aromatic rings. The average molecular weight is 418 g/mol. The van der Waals surface area contributed by atoms with Crippen molar-refractivity contribution in [2.24, 2.45) is 0 Å². The highest BCUT2D eigenvalue weighted by Gasteiger charge is 2.30. The fourth-order valence-corrected chi connectivity index (χ4v) is 4.56. The van der Waals surface area contributed by atoms with E-state index in [-0.39, 0.29) is 11.8 Å². The monoisotopic (exact) mass is 417 g/mol. The number of aryl methyl sites for hydroxylation is 1. The highest BCUT2D eigenvalue weighted by Crippen LogP contribution is 2.38. The molecule has 160 valence electrons. The first-order valence-electron chi connectivity index (χ1n) is 10.6. The number of aromatic nitrogens is 1. The number of hydrogen-bond acceptors (Lipinski definition) is 5. The van der Waals surface area contributed by atoms with Gasteiger partial charge in [-0.15, -0.1) is 0 Å². The third-order valence-corrected chi connectivity index (χ3v) is 6.06. The first kappa shape index (κ1) is 21.0. The third kappa shape index (κ3) is 4.14. The second-order valence-electron chi connectivity index (χ2n) is 7.82. The van der Waals surface area contributed by atoms with Crippen LogP contribution in [0.5, 0.6) is 11.5 Å². The number of carbonyl (C=O) groups is 1. The van der Waals surface area contributed by atoms with Gasteiger partial charge in [-0.25, -0.2) is 0 Å². The molecule has 0 saturated carbocycles. The fraction of sp³-hybridized carbons (Fsp3) is 0.360. The molecule has 6 heteroatoms. The van der Waals surface area contributed by atoms with Gasteiger partial charge in [0, 0.05) is 46.9 Å². The topological polar surface area (TPSA) is 67.5 Å². The van der Waals surface area contributed by atoms with Crippen LogP contribution < -0.4 is 9.47 Å². The molecule has 4 rings (SSSR count). The molecule has 1 atom stereocenters. The van der Waals surface area contributed by atoms with Gasteiger partial charge in [-0.05, 0) is 31.5 Å². The Hall–Kier alpha value is -3.30. The van der Waals surface area contributed by atoms with E-state index < -0.39 is 0 Å². The van der Waals surface area contributed by atoms with Gasteiger partial charge in [-0.3, -0.25) is 9.69 Å². The molecule has 0 spiro atoms. The van der Waals surface area contributed by atoms with Gasteiger partial charge >= 0.3 is 0 Å². The van der Waals surface area contributed by atoms with Crippen molar-refractivity contribution in [2.45, 2.75) is 31.8 Å². The minimum Gasteiger partial charge on any atom is -0.497 e. The van der Waals surface area contributed by atoms with Crippen molar-refractivity contribution in [2.75, 3.05) is 27.3 Å². The molecule has 2 heterocycles. The van der Waals surface area contributed by atoms with Gasteiger partial charge in [0.05, 0.1) is 33.3 Å². The molecule has 1 aromatic heterocycles. The smallest absolute Gasteiger partial charge is 0.178 e. The fourth-order valence-electron chi connectivity index (χ4n) is 4.56. The molecule has 1 aliphatic rings. The maximum Gasteiger partial charge on any atom is 0.178 e. The average Bonchev–Trinajstić information content (AvgIpc) is 3.41. The summed E-state index contributed by atoms with van der Waals surface area (Å²) in [6, 6.07) is 16.1. The van der Waals surface area contributed by atoms with Gasteiger partial charge in [-0.2, -0.15) is 5.26 Å². The summed E-state index contributed by atoms with van der Waals surface area (Å²) in [5, 5.41) is 9.91. The van der Waals surface area contributed by atoms with Crippen LogP contribution in [0.25, 0.3) is 10.9 Å². The summed E-state index contributed by atoms with van der Waals surface area (Å²) < 4.78 is 13.0. The maximum atomic E-state index is 13.4.